The number of nitrogens with one attached hydrogen (secondary N) is 2. The van der Waals surface area contributed by atoms with Crippen molar-refractivity contribution in [2.45, 2.75) is 19.1 Å². The van der Waals surface area contributed by atoms with Gasteiger partial charge in [0.15, 0.2) is 9.84 Å². The van der Waals surface area contributed by atoms with Crippen LogP contribution in [0.3, 0.4) is 0 Å². The van der Waals surface area contributed by atoms with E-state index in [1.165, 1.54) is 6.92 Å². The van der Waals surface area contributed by atoms with Crippen molar-refractivity contribution in [1.82, 2.24) is 0 Å². The lowest BCUT2D eigenvalue weighted by Gasteiger charge is -2.13. The first-order valence-electron chi connectivity index (χ1n) is 7.72. The smallest absolute Gasteiger partial charge is 0.242 e. The van der Waals surface area contributed by atoms with Crippen LogP contribution in [-0.4, -0.2) is 31.2 Å². The van der Waals surface area contributed by atoms with Gasteiger partial charge in [0.25, 0.3) is 0 Å². The lowest BCUT2D eigenvalue weighted by Crippen LogP contribution is -2.37. The molecule has 25 heavy (non-hydrogen) atoms. The molecule has 2 N–H and O–H groups in total. The molecule has 6 nitrogen and oxygen atoms in total. The SMILES string of the molecule is Cc1ccc(NC(=O)CS(=O)(=O)C(C)C(=O)Nc2ccccc2)cc1. The van der Waals surface area contributed by atoms with E-state index in [1.54, 1.807) is 54.6 Å². The predicted octanol–water partition coefficient (Wildman–Crippen LogP) is 2.38. The number of hydrogen-bond acceptors (Lipinski definition) is 4. The van der Waals surface area contributed by atoms with Gasteiger partial charge in [0.2, 0.25) is 11.8 Å². The first kappa shape index (κ1) is 18.7. The van der Waals surface area contributed by atoms with Crippen molar-refractivity contribution in [1.29, 1.82) is 0 Å². The van der Waals surface area contributed by atoms with Gasteiger partial charge < -0.3 is 10.6 Å². The van der Waals surface area contributed by atoms with Crippen molar-refractivity contribution in [2.24, 2.45) is 0 Å². The van der Waals surface area contributed by atoms with E-state index in [4.69, 9.17) is 0 Å². The maximum Gasteiger partial charge on any atom is 0.242 e. The topological polar surface area (TPSA) is 92.3 Å². The first-order valence-corrected chi connectivity index (χ1v) is 9.43. The van der Waals surface area contributed by atoms with Crippen LogP contribution in [0.4, 0.5) is 11.4 Å². The van der Waals surface area contributed by atoms with E-state index in [1.807, 2.05) is 6.92 Å². The first-order chi connectivity index (χ1) is 11.8. The molecule has 2 rings (SSSR count). The molecule has 2 aromatic rings. The molecule has 132 valence electrons. The van der Waals surface area contributed by atoms with E-state index in [0.29, 0.717) is 11.4 Å². The number of aryl methyl sites for hydroxylation is 1. The second-order valence-electron chi connectivity index (χ2n) is 5.72. The molecule has 0 aliphatic rings. The highest BCUT2D eigenvalue weighted by molar-refractivity contribution is 7.93. The van der Waals surface area contributed by atoms with Crippen molar-refractivity contribution >= 4 is 33.0 Å². The van der Waals surface area contributed by atoms with Gasteiger partial charge in [-0.15, -0.1) is 0 Å². The third-order valence-corrected chi connectivity index (χ3v) is 5.57. The molecule has 0 radical (unpaired) electrons. The fourth-order valence-corrected chi connectivity index (χ4v) is 3.14. The summed E-state index contributed by atoms with van der Waals surface area (Å²) in [5.74, 6) is -2.11. The summed E-state index contributed by atoms with van der Waals surface area (Å²) in [5.41, 5.74) is 2.03. The summed E-state index contributed by atoms with van der Waals surface area (Å²) < 4.78 is 24.6. The number of sulfone groups is 1. The minimum Gasteiger partial charge on any atom is -0.325 e. The normalized spacial score (nSPS) is 12.2. The van der Waals surface area contributed by atoms with Crippen LogP contribution < -0.4 is 10.6 Å². The molecule has 2 aromatic carbocycles. The number of carbonyl (C=O) groups excluding carboxylic acids is 2. The number of benzene rings is 2. The standard InChI is InChI=1S/C18H20N2O4S/c1-13-8-10-16(11-9-13)19-17(21)12-25(23,24)14(2)18(22)20-15-6-4-3-5-7-15/h3-11,14H,12H2,1-2H3,(H,19,21)(H,20,22). The summed E-state index contributed by atoms with van der Waals surface area (Å²) in [6.07, 6.45) is 0. The second-order valence-corrected chi connectivity index (χ2v) is 8.04. The van der Waals surface area contributed by atoms with Crippen LogP contribution in [0.2, 0.25) is 0 Å². The third kappa shape index (κ3) is 5.42. The maximum absolute atomic E-state index is 12.3. The van der Waals surface area contributed by atoms with Gasteiger partial charge in [0.05, 0.1) is 0 Å². The summed E-state index contributed by atoms with van der Waals surface area (Å²) in [7, 11) is -3.93. The van der Waals surface area contributed by atoms with Crippen molar-refractivity contribution in [2.75, 3.05) is 16.4 Å². The van der Waals surface area contributed by atoms with E-state index in [0.717, 1.165) is 5.56 Å². The highest BCUT2D eigenvalue weighted by Crippen LogP contribution is 2.12. The molecule has 0 aliphatic heterocycles. The van der Waals surface area contributed by atoms with Gasteiger partial charge in [0.1, 0.15) is 11.0 Å². The highest BCUT2D eigenvalue weighted by atomic mass is 32.2. The van der Waals surface area contributed by atoms with Crippen molar-refractivity contribution < 1.29 is 18.0 Å². The van der Waals surface area contributed by atoms with Gasteiger partial charge >= 0.3 is 0 Å². The molecule has 0 heterocycles. The molecular formula is C18H20N2O4S. The molecule has 0 saturated heterocycles. The van der Waals surface area contributed by atoms with Crippen molar-refractivity contribution in [3.05, 3.63) is 60.2 Å². The number of anilines is 2. The zero-order valence-corrected chi connectivity index (χ0v) is 14.8. The van der Waals surface area contributed by atoms with Gasteiger partial charge in [-0.3, -0.25) is 9.59 Å². The van der Waals surface area contributed by atoms with Gasteiger partial charge in [-0.05, 0) is 38.1 Å². The van der Waals surface area contributed by atoms with Crippen LogP contribution in [0, 0.1) is 6.92 Å². The maximum atomic E-state index is 12.3. The third-order valence-electron chi connectivity index (χ3n) is 3.62. The summed E-state index contributed by atoms with van der Waals surface area (Å²) in [4.78, 5) is 24.1. The number of carbonyl (C=O) groups is 2. The van der Waals surface area contributed by atoms with Crippen LogP contribution in [0.1, 0.15) is 12.5 Å². The van der Waals surface area contributed by atoms with E-state index in [9.17, 15) is 18.0 Å². The second kappa shape index (κ2) is 7.94. The van der Waals surface area contributed by atoms with Crippen molar-refractivity contribution in [3.8, 4) is 0 Å². The molecule has 0 aliphatic carbocycles. The Morgan fingerprint density at radius 3 is 2.08 bits per heavy atom. The van der Waals surface area contributed by atoms with Crippen LogP contribution in [0.5, 0.6) is 0 Å². The summed E-state index contributed by atoms with van der Waals surface area (Å²) in [5, 5.41) is 3.71. The number of amides is 2. The quantitative estimate of drug-likeness (QED) is 0.827. The summed E-state index contributed by atoms with van der Waals surface area (Å²) in [6, 6.07) is 15.5. The Morgan fingerprint density at radius 2 is 1.48 bits per heavy atom. The van der Waals surface area contributed by atoms with Crippen LogP contribution in [0.25, 0.3) is 0 Å². The summed E-state index contributed by atoms with van der Waals surface area (Å²) >= 11 is 0. The minimum atomic E-state index is -3.93. The molecule has 0 aromatic heterocycles. The molecule has 1 atom stereocenters. The number of para-hydroxylation sites is 1. The Hall–Kier alpha value is -2.67. The Morgan fingerprint density at radius 1 is 0.920 bits per heavy atom. The van der Waals surface area contributed by atoms with E-state index >= 15 is 0 Å². The Balaban J connectivity index is 1.98. The molecule has 0 saturated carbocycles. The molecular weight excluding hydrogens is 340 g/mol. The van der Waals surface area contributed by atoms with Gasteiger partial charge in [-0.25, -0.2) is 8.42 Å². The van der Waals surface area contributed by atoms with E-state index in [-0.39, 0.29) is 0 Å². The Labute approximate surface area is 147 Å². The van der Waals surface area contributed by atoms with E-state index in [2.05, 4.69) is 10.6 Å². The Bertz CT molecular complexity index is 846. The lowest BCUT2D eigenvalue weighted by molar-refractivity contribution is -0.115. The van der Waals surface area contributed by atoms with E-state index < -0.39 is 32.7 Å². The fourth-order valence-electron chi connectivity index (χ4n) is 2.07. The zero-order chi connectivity index (χ0) is 18.4. The van der Waals surface area contributed by atoms with Gasteiger partial charge in [-0.1, -0.05) is 35.9 Å². The molecule has 7 heteroatoms. The van der Waals surface area contributed by atoms with Crippen LogP contribution in [0.15, 0.2) is 54.6 Å². The zero-order valence-electron chi connectivity index (χ0n) is 14.0. The Kier molecular flexibility index (Phi) is 5.93. The van der Waals surface area contributed by atoms with Crippen molar-refractivity contribution in [3.63, 3.8) is 0 Å². The number of rotatable bonds is 6. The average Bonchev–Trinajstić information content (AvgIpc) is 2.56. The molecule has 0 fully saturated rings. The lowest BCUT2D eigenvalue weighted by atomic mass is 10.2. The largest absolute Gasteiger partial charge is 0.325 e. The number of hydrogen-bond donors (Lipinski definition) is 2. The molecule has 0 bridgehead atoms. The predicted molar refractivity (Wildman–Crippen MR) is 98.1 cm³/mol. The molecule has 2 amide bonds. The average molecular weight is 360 g/mol. The van der Waals surface area contributed by atoms with Crippen LogP contribution in [-0.2, 0) is 19.4 Å². The molecule has 1 unspecified atom stereocenters. The van der Waals surface area contributed by atoms with Crippen LogP contribution >= 0.6 is 0 Å². The monoisotopic (exact) mass is 360 g/mol. The molecule has 0 spiro atoms. The van der Waals surface area contributed by atoms with Gasteiger partial charge in [0, 0.05) is 11.4 Å². The fraction of sp³-hybridized carbons (Fsp3) is 0.222. The van der Waals surface area contributed by atoms with Gasteiger partial charge in [-0.2, -0.15) is 0 Å². The highest BCUT2D eigenvalue weighted by Gasteiger charge is 2.30. The summed E-state index contributed by atoms with van der Waals surface area (Å²) in [6.45, 7) is 3.18. The minimum absolute atomic E-state index is 0.499.